The number of aryl methyl sites for hydroxylation is 1. The molecule has 1 saturated heterocycles. The highest BCUT2D eigenvalue weighted by Gasteiger charge is 2.54. The standard InChI is InChI=1S/C23H34N2O6/c1-16(2)12-18(21(29)23(14-27)15-31-23)25-22(30)19(13-26)24-20(28)11-7-6-10-17-8-4-3-5-9-17/h3-5,8-9,16,18-19,26-27H,6-7,10-15H2,1-2H3,(H,24,28)(H,25,30)/t18-,19-,23?/m0/s1. The molecule has 0 aromatic heterocycles. The van der Waals surface area contributed by atoms with E-state index < -0.39 is 36.8 Å². The Hall–Kier alpha value is -2.29. The Labute approximate surface area is 183 Å². The Morgan fingerprint density at radius 3 is 2.29 bits per heavy atom. The highest BCUT2D eigenvalue weighted by molar-refractivity contribution is 5.98. The van der Waals surface area contributed by atoms with Gasteiger partial charge in [0, 0.05) is 6.42 Å². The summed E-state index contributed by atoms with van der Waals surface area (Å²) in [7, 11) is 0. The minimum Gasteiger partial charge on any atom is -0.394 e. The first-order chi connectivity index (χ1) is 14.8. The van der Waals surface area contributed by atoms with Crippen molar-refractivity contribution in [1.29, 1.82) is 0 Å². The SMILES string of the molecule is CC(C)C[C@H](NC(=O)[C@H](CO)NC(=O)CCCCc1ccccc1)C(=O)C1(CO)CO1. The molecule has 4 N–H and O–H groups in total. The van der Waals surface area contributed by atoms with Crippen LogP contribution in [0.25, 0.3) is 0 Å². The Morgan fingerprint density at radius 2 is 1.74 bits per heavy atom. The van der Waals surface area contributed by atoms with Gasteiger partial charge >= 0.3 is 0 Å². The van der Waals surface area contributed by atoms with Crippen molar-refractivity contribution in [3.8, 4) is 0 Å². The number of benzene rings is 1. The number of unbranched alkanes of at least 4 members (excludes halogenated alkanes) is 1. The van der Waals surface area contributed by atoms with Crippen LogP contribution in [0, 0.1) is 5.92 Å². The molecule has 1 aliphatic rings. The first kappa shape index (κ1) is 25.0. The summed E-state index contributed by atoms with van der Waals surface area (Å²) in [6.07, 6.45) is 2.96. The molecule has 8 nitrogen and oxygen atoms in total. The number of hydrogen-bond donors (Lipinski definition) is 4. The van der Waals surface area contributed by atoms with Crippen molar-refractivity contribution in [3.05, 3.63) is 35.9 Å². The largest absolute Gasteiger partial charge is 0.394 e. The summed E-state index contributed by atoms with van der Waals surface area (Å²) in [5.74, 6) is -1.24. The Kier molecular flexibility index (Phi) is 9.61. The van der Waals surface area contributed by atoms with E-state index in [1.54, 1.807) is 0 Å². The smallest absolute Gasteiger partial charge is 0.245 e. The Balaban J connectivity index is 1.82. The molecule has 2 rings (SSSR count). The highest BCUT2D eigenvalue weighted by atomic mass is 16.6. The van der Waals surface area contributed by atoms with Gasteiger partial charge in [0.15, 0.2) is 11.4 Å². The molecule has 1 aromatic rings. The van der Waals surface area contributed by atoms with Crippen LogP contribution >= 0.6 is 0 Å². The molecular weight excluding hydrogens is 400 g/mol. The zero-order valence-corrected chi connectivity index (χ0v) is 18.3. The summed E-state index contributed by atoms with van der Waals surface area (Å²) in [6.45, 7) is 2.92. The van der Waals surface area contributed by atoms with Crippen molar-refractivity contribution in [3.63, 3.8) is 0 Å². The van der Waals surface area contributed by atoms with E-state index in [9.17, 15) is 24.6 Å². The molecule has 1 aliphatic heterocycles. The number of ether oxygens (including phenoxy) is 1. The topological polar surface area (TPSA) is 128 Å². The third-order valence-electron chi connectivity index (χ3n) is 5.33. The predicted octanol–water partition coefficient (Wildman–Crippen LogP) is 0.738. The maximum atomic E-state index is 12.7. The normalized spacial score (nSPS) is 19.5. The summed E-state index contributed by atoms with van der Waals surface area (Å²) in [5, 5.41) is 24.2. The van der Waals surface area contributed by atoms with Crippen molar-refractivity contribution < 1.29 is 29.3 Å². The van der Waals surface area contributed by atoms with Crippen molar-refractivity contribution in [1.82, 2.24) is 10.6 Å². The second-order valence-corrected chi connectivity index (χ2v) is 8.49. The van der Waals surface area contributed by atoms with Crippen LogP contribution in [-0.2, 0) is 25.5 Å². The number of rotatable bonds is 14. The highest BCUT2D eigenvalue weighted by Crippen LogP contribution is 2.30. The molecule has 0 bridgehead atoms. The summed E-state index contributed by atoms with van der Waals surface area (Å²) in [5.41, 5.74) is -0.0412. The van der Waals surface area contributed by atoms with Crippen molar-refractivity contribution >= 4 is 17.6 Å². The number of Topliss-reactive ketones (excluding diaryl/α,β-unsaturated/α-hetero) is 1. The lowest BCUT2D eigenvalue weighted by atomic mass is 9.92. The van der Waals surface area contributed by atoms with Gasteiger partial charge in [-0.2, -0.15) is 0 Å². The molecule has 1 heterocycles. The zero-order chi connectivity index (χ0) is 22.9. The van der Waals surface area contributed by atoms with Crippen molar-refractivity contribution in [2.75, 3.05) is 19.8 Å². The summed E-state index contributed by atoms with van der Waals surface area (Å²) in [6, 6.07) is 7.97. The van der Waals surface area contributed by atoms with Crippen molar-refractivity contribution in [2.45, 2.75) is 63.6 Å². The molecule has 172 valence electrons. The first-order valence-electron chi connectivity index (χ1n) is 10.8. The van der Waals surface area contributed by atoms with Crippen LogP contribution in [-0.4, -0.2) is 65.3 Å². The number of carbonyl (C=O) groups excluding carboxylic acids is 3. The van der Waals surface area contributed by atoms with Crippen LogP contribution in [0.2, 0.25) is 0 Å². The Morgan fingerprint density at radius 1 is 1.06 bits per heavy atom. The first-order valence-corrected chi connectivity index (χ1v) is 10.8. The minimum atomic E-state index is -1.25. The number of carbonyl (C=O) groups is 3. The second-order valence-electron chi connectivity index (χ2n) is 8.49. The van der Waals surface area contributed by atoms with E-state index in [0.717, 1.165) is 12.8 Å². The summed E-state index contributed by atoms with van der Waals surface area (Å²) in [4.78, 5) is 37.5. The van der Waals surface area contributed by atoms with E-state index >= 15 is 0 Å². The van der Waals surface area contributed by atoms with Crippen LogP contribution in [0.1, 0.15) is 45.1 Å². The molecule has 0 saturated carbocycles. The van der Waals surface area contributed by atoms with Gasteiger partial charge in [0.1, 0.15) is 6.04 Å². The van der Waals surface area contributed by atoms with Crippen LogP contribution in [0.5, 0.6) is 0 Å². The molecule has 0 radical (unpaired) electrons. The Bertz CT molecular complexity index is 733. The number of hydrogen-bond acceptors (Lipinski definition) is 6. The van der Waals surface area contributed by atoms with Crippen LogP contribution in [0.4, 0.5) is 0 Å². The van der Waals surface area contributed by atoms with Crippen LogP contribution < -0.4 is 10.6 Å². The van der Waals surface area contributed by atoms with Gasteiger partial charge in [-0.15, -0.1) is 0 Å². The average Bonchev–Trinajstić information content (AvgIpc) is 3.55. The number of nitrogens with one attached hydrogen (secondary N) is 2. The number of aliphatic hydroxyl groups is 2. The van der Waals surface area contributed by atoms with Gasteiger partial charge in [-0.3, -0.25) is 14.4 Å². The molecular formula is C23H34N2O6. The quantitative estimate of drug-likeness (QED) is 0.253. The van der Waals surface area contributed by atoms with E-state index in [0.29, 0.717) is 12.8 Å². The van der Waals surface area contributed by atoms with E-state index in [2.05, 4.69) is 10.6 Å². The maximum absolute atomic E-state index is 12.7. The lowest BCUT2D eigenvalue weighted by Gasteiger charge is -2.24. The number of epoxide rings is 1. The molecule has 2 amide bonds. The lowest BCUT2D eigenvalue weighted by Crippen LogP contribution is -2.55. The van der Waals surface area contributed by atoms with E-state index in [4.69, 9.17) is 4.74 Å². The van der Waals surface area contributed by atoms with E-state index in [1.165, 1.54) is 5.56 Å². The fourth-order valence-electron chi connectivity index (χ4n) is 3.41. The third-order valence-corrected chi connectivity index (χ3v) is 5.33. The fraction of sp³-hybridized carbons (Fsp3) is 0.609. The molecule has 0 spiro atoms. The van der Waals surface area contributed by atoms with Gasteiger partial charge in [0.2, 0.25) is 11.8 Å². The van der Waals surface area contributed by atoms with Gasteiger partial charge in [0.05, 0.1) is 25.9 Å². The van der Waals surface area contributed by atoms with Crippen molar-refractivity contribution in [2.24, 2.45) is 5.92 Å². The van der Waals surface area contributed by atoms with Crippen LogP contribution in [0.15, 0.2) is 30.3 Å². The third kappa shape index (κ3) is 7.72. The fourth-order valence-corrected chi connectivity index (χ4v) is 3.41. The lowest BCUT2D eigenvalue weighted by molar-refractivity contribution is -0.134. The van der Waals surface area contributed by atoms with Gasteiger partial charge in [-0.05, 0) is 37.2 Å². The molecule has 31 heavy (non-hydrogen) atoms. The summed E-state index contributed by atoms with van der Waals surface area (Å²) < 4.78 is 5.12. The molecule has 1 unspecified atom stereocenters. The predicted molar refractivity (Wildman–Crippen MR) is 115 cm³/mol. The van der Waals surface area contributed by atoms with E-state index in [1.807, 2.05) is 44.2 Å². The molecule has 3 atom stereocenters. The molecule has 8 heteroatoms. The van der Waals surface area contributed by atoms with Gasteiger partial charge in [-0.25, -0.2) is 0 Å². The van der Waals surface area contributed by atoms with Gasteiger partial charge in [0.25, 0.3) is 0 Å². The average molecular weight is 435 g/mol. The summed E-state index contributed by atoms with van der Waals surface area (Å²) >= 11 is 0. The molecule has 0 aliphatic carbocycles. The van der Waals surface area contributed by atoms with Gasteiger partial charge < -0.3 is 25.6 Å². The van der Waals surface area contributed by atoms with Crippen LogP contribution in [0.3, 0.4) is 0 Å². The number of aliphatic hydroxyl groups excluding tert-OH is 2. The van der Waals surface area contributed by atoms with Gasteiger partial charge in [-0.1, -0.05) is 44.2 Å². The van der Waals surface area contributed by atoms with E-state index in [-0.39, 0.29) is 30.6 Å². The molecule has 1 fully saturated rings. The second kappa shape index (κ2) is 11.9. The number of ketones is 1. The monoisotopic (exact) mass is 434 g/mol. The maximum Gasteiger partial charge on any atom is 0.245 e. The number of amides is 2. The minimum absolute atomic E-state index is 0.107. The molecule has 1 aromatic carbocycles. The zero-order valence-electron chi connectivity index (χ0n) is 18.3.